The van der Waals surface area contributed by atoms with Gasteiger partial charge in [-0.1, -0.05) is 23.8 Å². The molecule has 0 spiro atoms. The first-order valence-electron chi connectivity index (χ1n) is 9.51. The van der Waals surface area contributed by atoms with Crippen molar-refractivity contribution < 1.29 is 23.8 Å². The highest BCUT2D eigenvalue weighted by molar-refractivity contribution is 5.98. The van der Waals surface area contributed by atoms with Gasteiger partial charge in [0, 0.05) is 5.69 Å². The highest BCUT2D eigenvalue weighted by Crippen LogP contribution is 2.29. The van der Waals surface area contributed by atoms with Crippen LogP contribution in [0.5, 0.6) is 11.5 Å². The van der Waals surface area contributed by atoms with Crippen molar-refractivity contribution in [3.63, 3.8) is 0 Å². The highest BCUT2D eigenvalue weighted by atomic mass is 16.5. The SMILES string of the molecule is CCOC(=O)/C(C#N)=C\c1ccc(OCC(=O)Nc2ccc(C)cc2)c(OCC)c1. The van der Waals surface area contributed by atoms with E-state index < -0.39 is 5.97 Å². The summed E-state index contributed by atoms with van der Waals surface area (Å²) in [5, 5.41) is 11.9. The van der Waals surface area contributed by atoms with Crippen LogP contribution in [0.1, 0.15) is 25.0 Å². The molecule has 0 unspecified atom stereocenters. The lowest BCUT2D eigenvalue weighted by atomic mass is 10.1. The molecule has 0 radical (unpaired) electrons. The number of nitrogens with one attached hydrogen (secondary N) is 1. The molecule has 0 aromatic heterocycles. The normalized spacial score (nSPS) is 10.7. The minimum atomic E-state index is -0.689. The Morgan fingerprint density at radius 2 is 1.77 bits per heavy atom. The first-order chi connectivity index (χ1) is 14.5. The fraction of sp³-hybridized carbons (Fsp3) is 0.261. The lowest BCUT2D eigenvalue weighted by Gasteiger charge is -2.13. The van der Waals surface area contributed by atoms with Crippen molar-refractivity contribution in [3.8, 4) is 17.6 Å². The van der Waals surface area contributed by atoms with Crippen LogP contribution >= 0.6 is 0 Å². The Morgan fingerprint density at radius 1 is 1.03 bits per heavy atom. The molecule has 0 aliphatic rings. The molecule has 0 heterocycles. The number of hydrogen-bond donors (Lipinski definition) is 1. The Hall–Kier alpha value is -3.79. The van der Waals surface area contributed by atoms with Crippen molar-refractivity contribution in [1.82, 2.24) is 0 Å². The number of nitrogens with zero attached hydrogens (tertiary/aromatic N) is 1. The summed E-state index contributed by atoms with van der Waals surface area (Å²) in [6.07, 6.45) is 1.41. The van der Waals surface area contributed by atoms with E-state index in [9.17, 15) is 14.9 Å². The summed E-state index contributed by atoms with van der Waals surface area (Å²) in [6, 6.07) is 14.2. The predicted molar refractivity (Wildman–Crippen MR) is 113 cm³/mol. The number of carbonyl (C=O) groups excluding carboxylic acids is 2. The Labute approximate surface area is 175 Å². The van der Waals surface area contributed by atoms with E-state index in [1.165, 1.54) is 6.08 Å². The van der Waals surface area contributed by atoms with Gasteiger partial charge in [-0.2, -0.15) is 5.26 Å². The molecule has 0 aliphatic carbocycles. The van der Waals surface area contributed by atoms with Crippen molar-refractivity contribution in [2.75, 3.05) is 25.1 Å². The molecule has 0 atom stereocenters. The minimum Gasteiger partial charge on any atom is -0.490 e. The van der Waals surface area contributed by atoms with E-state index in [-0.39, 0.29) is 24.7 Å². The molecule has 7 heteroatoms. The number of esters is 1. The Bertz CT molecular complexity index is 959. The zero-order valence-corrected chi connectivity index (χ0v) is 17.2. The summed E-state index contributed by atoms with van der Waals surface area (Å²) >= 11 is 0. The van der Waals surface area contributed by atoms with Crippen molar-refractivity contribution in [3.05, 3.63) is 59.2 Å². The maximum atomic E-state index is 12.2. The average molecular weight is 408 g/mol. The van der Waals surface area contributed by atoms with Gasteiger partial charge in [0.1, 0.15) is 11.6 Å². The first-order valence-corrected chi connectivity index (χ1v) is 9.51. The molecule has 30 heavy (non-hydrogen) atoms. The summed E-state index contributed by atoms with van der Waals surface area (Å²) < 4.78 is 16.0. The van der Waals surface area contributed by atoms with Crippen LogP contribution in [-0.2, 0) is 14.3 Å². The topological polar surface area (TPSA) is 97.7 Å². The fourth-order valence-electron chi connectivity index (χ4n) is 2.49. The van der Waals surface area contributed by atoms with Crippen LogP contribution in [0.15, 0.2) is 48.0 Å². The van der Waals surface area contributed by atoms with E-state index in [1.54, 1.807) is 25.1 Å². The van der Waals surface area contributed by atoms with Gasteiger partial charge in [-0.3, -0.25) is 4.79 Å². The summed E-state index contributed by atoms with van der Waals surface area (Å²) in [5.74, 6) is -0.219. The molecule has 2 aromatic rings. The molecule has 0 fully saturated rings. The van der Waals surface area contributed by atoms with Gasteiger partial charge in [0.25, 0.3) is 5.91 Å². The molecule has 0 saturated carbocycles. The maximum absolute atomic E-state index is 12.2. The Morgan fingerprint density at radius 3 is 2.40 bits per heavy atom. The van der Waals surface area contributed by atoms with Crippen LogP contribution in [0, 0.1) is 18.3 Å². The van der Waals surface area contributed by atoms with E-state index in [2.05, 4.69) is 5.32 Å². The van der Waals surface area contributed by atoms with Crippen LogP contribution in [0.2, 0.25) is 0 Å². The third-order valence-electron chi connectivity index (χ3n) is 3.89. The average Bonchev–Trinajstić information content (AvgIpc) is 2.73. The largest absolute Gasteiger partial charge is 0.490 e. The van der Waals surface area contributed by atoms with E-state index >= 15 is 0 Å². The van der Waals surface area contributed by atoms with Crippen LogP contribution in [0.4, 0.5) is 5.69 Å². The van der Waals surface area contributed by atoms with Crippen LogP contribution in [0.3, 0.4) is 0 Å². The first kappa shape index (κ1) is 22.5. The molecule has 2 rings (SSSR count). The molecule has 156 valence electrons. The summed E-state index contributed by atoms with van der Waals surface area (Å²) in [4.78, 5) is 23.9. The van der Waals surface area contributed by atoms with Crippen LogP contribution < -0.4 is 14.8 Å². The molecule has 0 saturated heterocycles. The van der Waals surface area contributed by atoms with Gasteiger partial charge in [0.2, 0.25) is 0 Å². The lowest BCUT2D eigenvalue weighted by molar-refractivity contribution is -0.137. The molecular formula is C23H24N2O5. The van der Waals surface area contributed by atoms with E-state index in [0.29, 0.717) is 29.4 Å². The third kappa shape index (κ3) is 6.67. The van der Waals surface area contributed by atoms with Gasteiger partial charge < -0.3 is 19.5 Å². The number of aryl methyl sites for hydroxylation is 1. The van der Waals surface area contributed by atoms with E-state index in [1.807, 2.05) is 44.2 Å². The Balaban J connectivity index is 2.10. The summed E-state index contributed by atoms with van der Waals surface area (Å²) in [7, 11) is 0. The zero-order valence-electron chi connectivity index (χ0n) is 17.2. The second kappa shape index (κ2) is 11.3. The number of benzene rings is 2. The van der Waals surface area contributed by atoms with Crippen molar-refractivity contribution in [2.24, 2.45) is 0 Å². The van der Waals surface area contributed by atoms with Crippen molar-refractivity contribution >= 4 is 23.6 Å². The second-order valence-corrected chi connectivity index (χ2v) is 6.23. The quantitative estimate of drug-likeness (QED) is 0.384. The molecule has 7 nitrogen and oxygen atoms in total. The summed E-state index contributed by atoms with van der Waals surface area (Å²) in [5.41, 5.74) is 2.23. The lowest BCUT2D eigenvalue weighted by Crippen LogP contribution is -2.20. The number of hydrogen-bond acceptors (Lipinski definition) is 6. The van der Waals surface area contributed by atoms with Gasteiger partial charge in [0.15, 0.2) is 18.1 Å². The fourth-order valence-corrected chi connectivity index (χ4v) is 2.49. The van der Waals surface area contributed by atoms with Crippen LogP contribution in [0.25, 0.3) is 6.08 Å². The van der Waals surface area contributed by atoms with Gasteiger partial charge in [-0.15, -0.1) is 0 Å². The molecule has 2 aromatic carbocycles. The number of ether oxygens (including phenoxy) is 3. The minimum absolute atomic E-state index is 0.120. The predicted octanol–water partition coefficient (Wildman–Crippen LogP) is 3.88. The standard InChI is InChI=1S/C23H24N2O5/c1-4-28-21-13-17(12-18(14-24)23(27)29-5-2)8-11-20(21)30-15-22(26)25-19-9-6-16(3)7-10-19/h6-13H,4-5,15H2,1-3H3,(H,25,26)/b18-12-. The van der Waals surface area contributed by atoms with E-state index in [4.69, 9.17) is 14.2 Å². The highest BCUT2D eigenvalue weighted by Gasteiger charge is 2.12. The third-order valence-corrected chi connectivity index (χ3v) is 3.89. The Kier molecular flexibility index (Phi) is 8.45. The number of carbonyl (C=O) groups is 2. The van der Waals surface area contributed by atoms with E-state index in [0.717, 1.165) is 5.56 Å². The van der Waals surface area contributed by atoms with Gasteiger partial charge in [-0.25, -0.2) is 4.79 Å². The smallest absolute Gasteiger partial charge is 0.348 e. The monoisotopic (exact) mass is 408 g/mol. The number of anilines is 1. The van der Waals surface area contributed by atoms with Crippen LogP contribution in [-0.4, -0.2) is 31.7 Å². The number of rotatable bonds is 9. The number of amides is 1. The molecule has 1 N–H and O–H groups in total. The molecule has 0 aliphatic heterocycles. The zero-order chi connectivity index (χ0) is 21.9. The summed E-state index contributed by atoms with van der Waals surface area (Å²) in [6.45, 7) is 5.81. The van der Waals surface area contributed by atoms with Gasteiger partial charge >= 0.3 is 5.97 Å². The van der Waals surface area contributed by atoms with Crippen molar-refractivity contribution in [2.45, 2.75) is 20.8 Å². The molecule has 1 amide bonds. The van der Waals surface area contributed by atoms with Gasteiger partial charge in [0.05, 0.1) is 13.2 Å². The van der Waals surface area contributed by atoms with Crippen molar-refractivity contribution in [1.29, 1.82) is 5.26 Å². The second-order valence-electron chi connectivity index (χ2n) is 6.23. The maximum Gasteiger partial charge on any atom is 0.348 e. The van der Waals surface area contributed by atoms with Gasteiger partial charge in [-0.05, 0) is 56.7 Å². The number of nitriles is 1. The molecular weight excluding hydrogens is 384 g/mol. The molecule has 0 bridgehead atoms.